The largest absolute Gasteiger partial charge is 0.495 e. The van der Waals surface area contributed by atoms with E-state index >= 15 is 0 Å². The highest BCUT2D eigenvalue weighted by atomic mass is 32.2. The van der Waals surface area contributed by atoms with Gasteiger partial charge in [-0.15, -0.1) is 0 Å². The number of rotatable bonds is 5. The molecular weight excluding hydrogens is 278 g/mol. The standard InChI is InChI=1S/C14H17NO4S/c1-19-14-7-6-11(3-2-8-16)9-13(14)15-20(17,18)10-12-4-5-12/h6-7,9,12,15-16H,4-5,8,10H2,1H3. The lowest BCUT2D eigenvalue weighted by molar-refractivity contribution is 0.350. The monoisotopic (exact) mass is 295 g/mol. The first-order valence-corrected chi connectivity index (χ1v) is 7.97. The molecule has 0 aromatic heterocycles. The molecule has 1 aliphatic rings. The van der Waals surface area contributed by atoms with E-state index in [0.717, 1.165) is 12.8 Å². The third-order valence-electron chi connectivity index (χ3n) is 2.93. The highest BCUT2D eigenvalue weighted by Crippen LogP contribution is 2.32. The van der Waals surface area contributed by atoms with Gasteiger partial charge in [0.1, 0.15) is 12.4 Å². The maximum Gasteiger partial charge on any atom is 0.233 e. The molecule has 0 unspecified atom stereocenters. The van der Waals surface area contributed by atoms with E-state index in [0.29, 0.717) is 17.0 Å². The number of hydrogen-bond acceptors (Lipinski definition) is 4. The lowest BCUT2D eigenvalue weighted by Gasteiger charge is -2.12. The Kier molecular flexibility index (Phi) is 4.53. The van der Waals surface area contributed by atoms with Crippen molar-refractivity contribution in [2.75, 3.05) is 24.2 Å². The van der Waals surface area contributed by atoms with Crippen molar-refractivity contribution >= 4 is 15.7 Å². The van der Waals surface area contributed by atoms with Crippen LogP contribution < -0.4 is 9.46 Å². The summed E-state index contributed by atoms with van der Waals surface area (Å²) in [6, 6.07) is 4.96. The van der Waals surface area contributed by atoms with Gasteiger partial charge in [0.05, 0.1) is 18.6 Å². The van der Waals surface area contributed by atoms with Gasteiger partial charge in [0.15, 0.2) is 0 Å². The number of aliphatic hydroxyl groups is 1. The molecule has 20 heavy (non-hydrogen) atoms. The van der Waals surface area contributed by atoms with E-state index in [1.165, 1.54) is 7.11 Å². The molecule has 0 spiro atoms. The maximum absolute atomic E-state index is 12.0. The molecule has 0 atom stereocenters. The lowest BCUT2D eigenvalue weighted by Crippen LogP contribution is -2.18. The summed E-state index contributed by atoms with van der Waals surface area (Å²) in [6.45, 7) is -0.241. The van der Waals surface area contributed by atoms with Gasteiger partial charge in [-0.3, -0.25) is 4.72 Å². The number of sulfonamides is 1. The number of anilines is 1. The Labute approximate surface area is 119 Å². The average Bonchev–Trinajstić information content (AvgIpc) is 3.19. The fraction of sp³-hybridized carbons (Fsp3) is 0.429. The van der Waals surface area contributed by atoms with E-state index in [9.17, 15) is 8.42 Å². The van der Waals surface area contributed by atoms with Crippen molar-refractivity contribution in [1.29, 1.82) is 0 Å². The molecule has 1 saturated carbocycles. The SMILES string of the molecule is COc1ccc(C#CCO)cc1NS(=O)(=O)CC1CC1. The van der Waals surface area contributed by atoms with Crippen molar-refractivity contribution in [3.8, 4) is 17.6 Å². The quantitative estimate of drug-likeness (QED) is 0.800. The van der Waals surface area contributed by atoms with Crippen LogP contribution in [0.2, 0.25) is 0 Å². The minimum absolute atomic E-state index is 0.142. The molecule has 2 N–H and O–H groups in total. The molecule has 2 rings (SSSR count). The number of hydrogen-bond donors (Lipinski definition) is 2. The van der Waals surface area contributed by atoms with E-state index in [-0.39, 0.29) is 18.3 Å². The molecule has 1 aromatic carbocycles. The molecular formula is C14H17NO4S. The molecule has 108 valence electrons. The second kappa shape index (κ2) is 6.16. The van der Waals surface area contributed by atoms with Gasteiger partial charge in [-0.2, -0.15) is 0 Å². The third-order valence-corrected chi connectivity index (χ3v) is 4.37. The topological polar surface area (TPSA) is 75.6 Å². The normalized spacial score (nSPS) is 14.3. The molecule has 0 aliphatic heterocycles. The van der Waals surface area contributed by atoms with Crippen LogP contribution in [0.15, 0.2) is 18.2 Å². The smallest absolute Gasteiger partial charge is 0.233 e. The molecule has 1 aliphatic carbocycles. The van der Waals surface area contributed by atoms with Crippen molar-refractivity contribution in [2.24, 2.45) is 5.92 Å². The molecule has 5 nitrogen and oxygen atoms in total. The van der Waals surface area contributed by atoms with Crippen LogP contribution in [0.4, 0.5) is 5.69 Å². The van der Waals surface area contributed by atoms with Gasteiger partial charge in [-0.05, 0) is 37.0 Å². The first-order chi connectivity index (χ1) is 9.54. The van der Waals surface area contributed by atoms with Gasteiger partial charge in [-0.1, -0.05) is 11.8 Å². The summed E-state index contributed by atoms with van der Waals surface area (Å²) in [5, 5.41) is 8.68. The summed E-state index contributed by atoms with van der Waals surface area (Å²) < 4.78 is 31.7. The van der Waals surface area contributed by atoms with E-state index in [2.05, 4.69) is 16.6 Å². The first kappa shape index (κ1) is 14.7. The van der Waals surface area contributed by atoms with Gasteiger partial charge < -0.3 is 9.84 Å². The Balaban J connectivity index is 2.23. The number of benzene rings is 1. The molecule has 0 bridgehead atoms. The second-order valence-electron chi connectivity index (χ2n) is 4.70. The van der Waals surface area contributed by atoms with Crippen LogP contribution in [0.1, 0.15) is 18.4 Å². The fourth-order valence-corrected chi connectivity index (χ4v) is 3.34. The second-order valence-corrected chi connectivity index (χ2v) is 6.47. The van der Waals surface area contributed by atoms with Crippen LogP contribution in [0.25, 0.3) is 0 Å². The zero-order chi connectivity index (χ0) is 14.6. The Morgan fingerprint density at radius 1 is 1.45 bits per heavy atom. The molecule has 0 amide bonds. The highest BCUT2D eigenvalue weighted by Gasteiger charge is 2.28. The highest BCUT2D eigenvalue weighted by molar-refractivity contribution is 7.92. The molecule has 6 heteroatoms. The first-order valence-electron chi connectivity index (χ1n) is 6.32. The summed E-state index contributed by atoms with van der Waals surface area (Å²) in [7, 11) is -1.89. The Hall–Kier alpha value is -1.71. The molecule has 0 heterocycles. The van der Waals surface area contributed by atoms with E-state index < -0.39 is 10.0 Å². The zero-order valence-corrected chi connectivity index (χ0v) is 12.0. The van der Waals surface area contributed by atoms with Gasteiger partial charge in [-0.25, -0.2) is 8.42 Å². The van der Waals surface area contributed by atoms with Crippen LogP contribution in [0.5, 0.6) is 5.75 Å². The van der Waals surface area contributed by atoms with Crippen molar-refractivity contribution in [1.82, 2.24) is 0 Å². The van der Waals surface area contributed by atoms with Gasteiger partial charge in [0.2, 0.25) is 10.0 Å². The minimum Gasteiger partial charge on any atom is -0.495 e. The van der Waals surface area contributed by atoms with E-state index in [1.54, 1.807) is 18.2 Å². The summed E-state index contributed by atoms with van der Waals surface area (Å²) in [4.78, 5) is 0. The van der Waals surface area contributed by atoms with Gasteiger partial charge in [0.25, 0.3) is 0 Å². The third kappa shape index (κ3) is 4.15. The Bertz CT molecular complexity index is 639. The van der Waals surface area contributed by atoms with Crippen molar-refractivity contribution < 1.29 is 18.3 Å². The summed E-state index contributed by atoms with van der Waals surface area (Å²) >= 11 is 0. The predicted molar refractivity (Wildman–Crippen MR) is 77.1 cm³/mol. The number of ether oxygens (including phenoxy) is 1. The Morgan fingerprint density at radius 3 is 2.80 bits per heavy atom. The van der Waals surface area contributed by atoms with E-state index in [1.807, 2.05) is 0 Å². The van der Waals surface area contributed by atoms with Gasteiger partial charge in [0, 0.05) is 5.56 Å². The lowest BCUT2D eigenvalue weighted by atomic mass is 10.2. The molecule has 1 aromatic rings. The molecule has 1 fully saturated rings. The van der Waals surface area contributed by atoms with Crippen LogP contribution in [0, 0.1) is 17.8 Å². The fourth-order valence-electron chi connectivity index (χ4n) is 1.81. The van der Waals surface area contributed by atoms with Crippen molar-refractivity contribution in [3.63, 3.8) is 0 Å². The molecule has 0 saturated heterocycles. The number of aliphatic hydroxyl groups excluding tert-OH is 1. The van der Waals surface area contributed by atoms with Crippen LogP contribution in [-0.4, -0.2) is 33.0 Å². The molecule has 0 radical (unpaired) electrons. The average molecular weight is 295 g/mol. The summed E-state index contributed by atoms with van der Waals surface area (Å²) in [5.41, 5.74) is 0.988. The Morgan fingerprint density at radius 2 is 2.20 bits per heavy atom. The van der Waals surface area contributed by atoms with Crippen molar-refractivity contribution in [2.45, 2.75) is 12.8 Å². The van der Waals surface area contributed by atoms with E-state index in [4.69, 9.17) is 9.84 Å². The van der Waals surface area contributed by atoms with Gasteiger partial charge >= 0.3 is 0 Å². The zero-order valence-electron chi connectivity index (χ0n) is 11.2. The summed E-state index contributed by atoms with van der Waals surface area (Å²) in [6.07, 6.45) is 1.94. The predicted octanol–water partition coefficient (Wildman–Crippen LogP) is 1.19. The minimum atomic E-state index is -3.37. The number of nitrogens with one attached hydrogen (secondary N) is 1. The van der Waals surface area contributed by atoms with Crippen LogP contribution in [-0.2, 0) is 10.0 Å². The number of methoxy groups -OCH3 is 1. The maximum atomic E-state index is 12.0. The van der Waals surface area contributed by atoms with Crippen LogP contribution in [0.3, 0.4) is 0 Å². The van der Waals surface area contributed by atoms with Crippen molar-refractivity contribution in [3.05, 3.63) is 23.8 Å². The van der Waals surface area contributed by atoms with Crippen LogP contribution >= 0.6 is 0 Å². The summed E-state index contributed by atoms with van der Waals surface area (Å²) in [5.74, 6) is 6.12.